The molecule has 1 aromatic carbocycles. The van der Waals surface area contributed by atoms with E-state index in [4.69, 9.17) is 16.0 Å². The molecule has 1 N–H and O–H groups in total. The molecule has 0 saturated carbocycles. The molecule has 2 heterocycles. The fourth-order valence-electron chi connectivity index (χ4n) is 3.77. The number of likely N-dealkylation sites (tertiary alicyclic amines) is 1. The number of nitrogens with zero attached hydrogens (tertiary/aromatic N) is 2. The highest BCUT2D eigenvalue weighted by molar-refractivity contribution is 6.46. The van der Waals surface area contributed by atoms with Crippen molar-refractivity contribution in [2.24, 2.45) is 0 Å². The summed E-state index contributed by atoms with van der Waals surface area (Å²) < 4.78 is 5.78. The van der Waals surface area contributed by atoms with Gasteiger partial charge < -0.3 is 19.3 Å². The standard InChI is InChI=1S/C23H27ClN2O4/c1-4-25(5-2)13-6-14-26-20(18-12-7-15(3)30-18)19(22(28)23(26)29)21(27)16-8-10-17(24)11-9-16/h7-12,20,27H,4-6,13-14H2,1-3H3/b21-19+. The van der Waals surface area contributed by atoms with Gasteiger partial charge in [-0.05, 0) is 69.4 Å². The number of aliphatic hydroxyl groups is 1. The van der Waals surface area contributed by atoms with Crippen molar-refractivity contribution in [3.63, 3.8) is 0 Å². The van der Waals surface area contributed by atoms with E-state index in [0.29, 0.717) is 35.1 Å². The highest BCUT2D eigenvalue weighted by Crippen LogP contribution is 2.40. The average molecular weight is 431 g/mol. The van der Waals surface area contributed by atoms with Crippen molar-refractivity contribution in [2.45, 2.75) is 33.2 Å². The van der Waals surface area contributed by atoms with E-state index in [0.717, 1.165) is 19.6 Å². The van der Waals surface area contributed by atoms with Crippen molar-refractivity contribution in [1.29, 1.82) is 0 Å². The Hall–Kier alpha value is -2.57. The molecule has 0 aliphatic carbocycles. The third kappa shape index (κ3) is 4.45. The number of aliphatic hydroxyl groups excluding tert-OH is 1. The van der Waals surface area contributed by atoms with Gasteiger partial charge in [-0.3, -0.25) is 9.59 Å². The Labute approximate surface area is 181 Å². The van der Waals surface area contributed by atoms with Crippen LogP contribution in [-0.2, 0) is 9.59 Å². The lowest BCUT2D eigenvalue weighted by Crippen LogP contribution is -2.33. The molecule has 3 rings (SSSR count). The summed E-state index contributed by atoms with van der Waals surface area (Å²) in [7, 11) is 0. The number of carbonyl (C=O) groups is 2. The van der Waals surface area contributed by atoms with E-state index < -0.39 is 17.7 Å². The van der Waals surface area contributed by atoms with Crippen LogP contribution in [0.25, 0.3) is 5.76 Å². The first-order valence-electron chi connectivity index (χ1n) is 10.2. The number of halogens is 1. The summed E-state index contributed by atoms with van der Waals surface area (Å²) >= 11 is 5.94. The minimum absolute atomic E-state index is 0.0412. The van der Waals surface area contributed by atoms with Crippen molar-refractivity contribution in [3.8, 4) is 0 Å². The highest BCUT2D eigenvalue weighted by atomic mass is 35.5. The number of hydrogen-bond donors (Lipinski definition) is 1. The van der Waals surface area contributed by atoms with Gasteiger partial charge >= 0.3 is 0 Å². The predicted molar refractivity (Wildman–Crippen MR) is 116 cm³/mol. The Morgan fingerprint density at radius 2 is 1.80 bits per heavy atom. The molecule has 1 aliphatic rings. The number of rotatable bonds is 8. The summed E-state index contributed by atoms with van der Waals surface area (Å²) in [6, 6.07) is 9.27. The van der Waals surface area contributed by atoms with Crippen LogP contribution < -0.4 is 0 Å². The Morgan fingerprint density at radius 3 is 2.37 bits per heavy atom. The number of furan rings is 1. The van der Waals surface area contributed by atoms with Gasteiger partial charge in [-0.25, -0.2) is 0 Å². The van der Waals surface area contributed by atoms with Crippen LogP contribution in [0.1, 0.15) is 43.4 Å². The molecule has 1 fully saturated rings. The van der Waals surface area contributed by atoms with Crippen molar-refractivity contribution in [3.05, 3.63) is 64.1 Å². The molecule has 0 radical (unpaired) electrons. The van der Waals surface area contributed by atoms with Crippen LogP contribution in [0.2, 0.25) is 5.02 Å². The molecule has 30 heavy (non-hydrogen) atoms. The maximum absolute atomic E-state index is 12.9. The van der Waals surface area contributed by atoms with Gasteiger partial charge in [0.25, 0.3) is 11.7 Å². The van der Waals surface area contributed by atoms with E-state index in [1.807, 2.05) is 0 Å². The van der Waals surface area contributed by atoms with Crippen molar-refractivity contribution >= 4 is 29.1 Å². The maximum atomic E-state index is 12.9. The molecule has 2 aromatic rings. The lowest BCUT2D eigenvalue weighted by Gasteiger charge is -2.25. The molecule has 6 nitrogen and oxygen atoms in total. The number of hydrogen-bond acceptors (Lipinski definition) is 5. The van der Waals surface area contributed by atoms with E-state index >= 15 is 0 Å². The van der Waals surface area contributed by atoms with Crippen molar-refractivity contribution in [1.82, 2.24) is 9.80 Å². The summed E-state index contributed by atoms with van der Waals surface area (Å²) in [5, 5.41) is 11.4. The second-order valence-electron chi connectivity index (χ2n) is 7.33. The topological polar surface area (TPSA) is 74.0 Å². The fourth-order valence-corrected chi connectivity index (χ4v) is 3.90. The summed E-state index contributed by atoms with van der Waals surface area (Å²) in [6.07, 6.45) is 0.714. The summed E-state index contributed by atoms with van der Waals surface area (Å²) in [5.74, 6) is -0.418. The third-order valence-electron chi connectivity index (χ3n) is 5.46. The molecule has 1 saturated heterocycles. The zero-order valence-corrected chi connectivity index (χ0v) is 18.3. The Kier molecular flexibility index (Phi) is 7.00. The minimum atomic E-state index is -0.758. The molecule has 160 valence electrons. The molecule has 1 unspecified atom stereocenters. The number of carbonyl (C=O) groups excluding carboxylic acids is 2. The first kappa shape index (κ1) is 22.1. The van der Waals surface area contributed by atoms with Crippen molar-refractivity contribution < 1.29 is 19.1 Å². The van der Waals surface area contributed by atoms with Gasteiger partial charge in [0.1, 0.15) is 23.3 Å². The number of benzene rings is 1. The van der Waals surface area contributed by atoms with Crippen LogP contribution in [0.3, 0.4) is 0 Å². The zero-order chi connectivity index (χ0) is 21.8. The first-order chi connectivity index (χ1) is 14.4. The van der Waals surface area contributed by atoms with Gasteiger partial charge in [0, 0.05) is 17.1 Å². The number of Topliss-reactive ketones (excluding diaryl/α,β-unsaturated/α-hetero) is 1. The second kappa shape index (κ2) is 9.49. The number of aryl methyl sites for hydroxylation is 1. The normalized spacial score (nSPS) is 18.6. The summed E-state index contributed by atoms with van der Waals surface area (Å²) in [4.78, 5) is 29.5. The smallest absolute Gasteiger partial charge is 0.295 e. The molecule has 1 amide bonds. The quantitative estimate of drug-likeness (QED) is 0.382. The third-order valence-corrected chi connectivity index (χ3v) is 5.71. The van der Waals surface area contributed by atoms with E-state index in [1.165, 1.54) is 4.90 Å². The first-order valence-corrected chi connectivity index (χ1v) is 10.6. The van der Waals surface area contributed by atoms with E-state index in [-0.39, 0.29) is 11.3 Å². The van der Waals surface area contributed by atoms with Gasteiger partial charge in [-0.2, -0.15) is 0 Å². The number of amides is 1. The van der Waals surface area contributed by atoms with Gasteiger partial charge in [0.15, 0.2) is 0 Å². The Morgan fingerprint density at radius 1 is 1.13 bits per heavy atom. The molecular formula is C23H27ClN2O4. The van der Waals surface area contributed by atoms with Crippen molar-refractivity contribution in [2.75, 3.05) is 26.2 Å². The summed E-state index contributed by atoms with van der Waals surface area (Å²) in [6.45, 7) is 9.04. The van der Waals surface area contributed by atoms with Crippen LogP contribution in [0, 0.1) is 6.92 Å². The van der Waals surface area contributed by atoms with E-state index in [9.17, 15) is 14.7 Å². The Bertz CT molecular complexity index is 944. The zero-order valence-electron chi connectivity index (χ0n) is 17.5. The molecule has 1 aliphatic heterocycles. The SMILES string of the molecule is CCN(CC)CCCN1C(=O)C(=O)/C(=C(/O)c2ccc(Cl)cc2)C1c1ccc(C)o1. The molecule has 0 bridgehead atoms. The predicted octanol–water partition coefficient (Wildman–Crippen LogP) is 4.40. The monoisotopic (exact) mass is 430 g/mol. The molecule has 1 aromatic heterocycles. The van der Waals surface area contributed by atoms with Gasteiger partial charge in [-0.15, -0.1) is 0 Å². The van der Waals surface area contributed by atoms with Gasteiger partial charge in [-0.1, -0.05) is 25.4 Å². The second-order valence-corrected chi connectivity index (χ2v) is 7.76. The average Bonchev–Trinajstić information content (AvgIpc) is 3.27. The molecule has 7 heteroatoms. The van der Waals surface area contributed by atoms with Crippen LogP contribution in [0.4, 0.5) is 0 Å². The van der Waals surface area contributed by atoms with Crippen LogP contribution in [-0.4, -0.2) is 52.8 Å². The molecule has 0 spiro atoms. The highest BCUT2D eigenvalue weighted by Gasteiger charge is 2.47. The maximum Gasteiger partial charge on any atom is 0.295 e. The van der Waals surface area contributed by atoms with Gasteiger partial charge in [0.05, 0.1) is 5.57 Å². The fraction of sp³-hybridized carbons (Fsp3) is 0.391. The van der Waals surface area contributed by atoms with Crippen LogP contribution in [0.5, 0.6) is 0 Å². The molecule has 1 atom stereocenters. The molecular weight excluding hydrogens is 404 g/mol. The minimum Gasteiger partial charge on any atom is -0.507 e. The lowest BCUT2D eigenvalue weighted by molar-refractivity contribution is -0.140. The lowest BCUT2D eigenvalue weighted by atomic mass is 9.99. The van der Waals surface area contributed by atoms with E-state index in [1.54, 1.807) is 43.3 Å². The largest absolute Gasteiger partial charge is 0.507 e. The van der Waals surface area contributed by atoms with Crippen LogP contribution in [0.15, 0.2) is 46.4 Å². The van der Waals surface area contributed by atoms with E-state index in [2.05, 4.69) is 18.7 Å². The Balaban J connectivity index is 1.99. The van der Waals surface area contributed by atoms with Crippen LogP contribution >= 0.6 is 11.6 Å². The number of ketones is 1. The summed E-state index contributed by atoms with van der Waals surface area (Å²) in [5.41, 5.74) is 0.466. The van der Waals surface area contributed by atoms with Gasteiger partial charge in [0.2, 0.25) is 0 Å².